The fourth-order valence-electron chi connectivity index (χ4n) is 0. The van der Waals surface area contributed by atoms with Crippen LogP contribution >= 0.6 is 0 Å². The average Bonchev–Trinajstić information content (AvgIpc) is 1.88. The van der Waals surface area contributed by atoms with Crippen molar-refractivity contribution in [3.63, 3.8) is 0 Å². The maximum atomic E-state index is 9.56. The fraction of sp³-hybridized carbons (Fsp3) is 0.667. The molecule has 2 unspecified atom stereocenters. The molecule has 0 bridgehead atoms. The van der Waals surface area contributed by atoms with Gasteiger partial charge in [0.05, 0.1) is 0 Å². The molecule has 0 saturated carbocycles. The van der Waals surface area contributed by atoms with E-state index in [1.54, 1.807) is 0 Å². The summed E-state index contributed by atoms with van der Waals surface area (Å²) in [6.07, 6.45) is -3.19. The zero-order chi connectivity index (χ0) is 10.3. The van der Waals surface area contributed by atoms with Crippen molar-refractivity contribution in [1.29, 1.82) is 0 Å². The number of quaternary nitrogens is 2. The topological polar surface area (TPSA) is 262 Å². The minimum absolute atomic E-state index is 0. The van der Waals surface area contributed by atoms with Crippen LogP contribution in [0.1, 0.15) is 13.8 Å². The third-order valence-electron chi connectivity index (χ3n) is 0.664. The molecule has 0 aliphatic carbocycles. The summed E-state index contributed by atoms with van der Waals surface area (Å²) < 4.78 is 0. The molecule has 12 N–H and O–H groups in total. The van der Waals surface area contributed by atoms with E-state index < -0.39 is 24.1 Å². The molecule has 104 valence electrons. The smallest absolute Gasteiger partial charge is 0.848 e. The standard InChI is InChI=1S/2C3H5O3.2H3N.2H2O.Ti/c2*1-2(4)3(5)6;;;;;/h2*2H,1H3,(H,5,6);2*1H3;2*1H2;/q2*-1;;;;;+4. The van der Waals surface area contributed by atoms with Crippen LogP contribution in [0.2, 0.25) is 0 Å². The number of carboxylic acids is 2. The minimum Gasteiger partial charge on any atom is -0.848 e. The number of carboxylic acid groups (broad SMARTS) is 2. The molecule has 0 fully saturated rings. The molecule has 0 saturated heterocycles. The van der Waals surface area contributed by atoms with Crippen molar-refractivity contribution in [3.8, 4) is 0 Å². The number of carbonyl (C=O) groups excluding carboxylic acids is 2. The van der Waals surface area contributed by atoms with Gasteiger partial charge in [0, 0.05) is 11.9 Å². The first kappa shape index (κ1) is 44.0. The summed E-state index contributed by atoms with van der Waals surface area (Å²) in [7, 11) is 0. The molecule has 0 aromatic rings. The van der Waals surface area contributed by atoms with Crippen molar-refractivity contribution in [1.82, 2.24) is 12.3 Å². The van der Waals surface area contributed by atoms with Gasteiger partial charge in [-0.15, -0.1) is 0 Å². The molecule has 17 heavy (non-hydrogen) atoms. The van der Waals surface area contributed by atoms with Crippen molar-refractivity contribution >= 4 is 11.9 Å². The molecule has 0 heterocycles. The first-order valence-electron chi connectivity index (χ1n) is 3.02. The Morgan fingerprint density at radius 1 is 0.824 bits per heavy atom. The van der Waals surface area contributed by atoms with Crippen molar-refractivity contribution in [3.05, 3.63) is 0 Å². The molecule has 0 aromatic heterocycles. The Labute approximate surface area is 113 Å². The number of hydrogen-bond acceptors (Lipinski definition) is 6. The summed E-state index contributed by atoms with van der Waals surface area (Å²) in [6, 6.07) is 0. The second-order valence-corrected chi connectivity index (χ2v) is 1.92. The molecule has 0 aliphatic rings. The predicted octanol–water partition coefficient (Wildman–Crippen LogP) is -5.93. The van der Waals surface area contributed by atoms with Crippen molar-refractivity contribution in [2.45, 2.75) is 26.1 Å². The van der Waals surface area contributed by atoms with Gasteiger partial charge in [0.1, 0.15) is 0 Å². The van der Waals surface area contributed by atoms with Gasteiger partial charge in [-0.25, -0.2) is 0 Å². The Kier molecular flexibility index (Phi) is 63.6. The second-order valence-electron chi connectivity index (χ2n) is 1.92. The summed E-state index contributed by atoms with van der Waals surface area (Å²) >= 11 is 0. The van der Waals surface area contributed by atoms with Gasteiger partial charge in [0.2, 0.25) is 0 Å². The van der Waals surface area contributed by atoms with Crippen LogP contribution in [0, 0.1) is 0 Å². The molecule has 11 heteroatoms. The molecule has 0 aliphatic heterocycles. The van der Waals surface area contributed by atoms with E-state index in [4.69, 9.17) is 0 Å². The molecule has 0 rings (SSSR count). The quantitative estimate of drug-likeness (QED) is 0.467. The molecule has 0 amide bonds. The van der Waals surface area contributed by atoms with Crippen LogP contribution in [0.4, 0.5) is 0 Å². The number of carbonyl (C=O) groups is 2. The van der Waals surface area contributed by atoms with Gasteiger partial charge in [0.25, 0.3) is 0 Å². The van der Waals surface area contributed by atoms with Crippen LogP contribution in [-0.2, 0) is 31.3 Å². The summed E-state index contributed by atoms with van der Waals surface area (Å²) in [5, 5.41) is 37.7. The third kappa shape index (κ3) is 50.5. The summed E-state index contributed by atoms with van der Waals surface area (Å²) in [6.45, 7) is 2.05. The second kappa shape index (κ2) is 24.6. The van der Waals surface area contributed by atoms with Crippen LogP contribution < -0.4 is 32.7 Å². The molecular formula is C6H20N2O8Ti+2. The molecule has 0 spiro atoms. The van der Waals surface area contributed by atoms with Crippen LogP contribution in [-0.4, -0.2) is 35.1 Å². The summed E-state index contributed by atoms with van der Waals surface area (Å²) in [4.78, 5) is 18.6. The van der Waals surface area contributed by atoms with Crippen molar-refractivity contribution in [2.24, 2.45) is 0 Å². The number of hydrogen-bond donors (Lipinski definition) is 2. The van der Waals surface area contributed by atoms with Gasteiger partial charge in [-0.05, 0) is 0 Å². The van der Waals surface area contributed by atoms with Gasteiger partial charge in [-0.2, -0.15) is 0 Å². The normalized spacial score (nSPS) is 9.65. The summed E-state index contributed by atoms with van der Waals surface area (Å²) in [5.41, 5.74) is 0. The first-order chi connectivity index (χ1) is 5.29. The predicted molar refractivity (Wildman–Crippen MR) is 48.1 cm³/mol. The van der Waals surface area contributed by atoms with Gasteiger partial charge in [-0.1, -0.05) is 26.1 Å². The van der Waals surface area contributed by atoms with Gasteiger partial charge in [0.15, 0.2) is 0 Å². The van der Waals surface area contributed by atoms with E-state index in [1.165, 1.54) is 0 Å². The Balaban J connectivity index is -0.0000000182. The SMILES string of the molecule is CC([O-])C(=O)[O-].CC([O-])C(=O)[O-].O.O.[NH4+].[NH4+].[Ti+4]. The molecular weight excluding hydrogens is 276 g/mol. The molecule has 0 aromatic carbocycles. The monoisotopic (exact) mass is 296 g/mol. The van der Waals surface area contributed by atoms with Gasteiger partial charge < -0.3 is 53.3 Å². The summed E-state index contributed by atoms with van der Waals surface area (Å²) in [5.74, 6) is -3.09. The number of aliphatic carboxylic acids is 2. The van der Waals surface area contributed by atoms with E-state index in [0.29, 0.717) is 0 Å². The minimum atomic E-state index is -1.59. The van der Waals surface area contributed by atoms with Crippen LogP contribution in [0.3, 0.4) is 0 Å². The maximum absolute atomic E-state index is 9.56. The van der Waals surface area contributed by atoms with E-state index in [9.17, 15) is 30.0 Å². The largest absolute Gasteiger partial charge is 4.00 e. The first-order valence-corrected chi connectivity index (χ1v) is 3.02. The molecule has 0 radical (unpaired) electrons. The maximum Gasteiger partial charge on any atom is 4.00 e. The van der Waals surface area contributed by atoms with E-state index >= 15 is 0 Å². The molecule has 10 nitrogen and oxygen atoms in total. The van der Waals surface area contributed by atoms with E-state index in [1.807, 2.05) is 0 Å². The van der Waals surface area contributed by atoms with Crippen LogP contribution in [0.25, 0.3) is 0 Å². The Hall–Kier alpha value is -0.586. The number of rotatable bonds is 2. The Morgan fingerprint density at radius 3 is 0.882 bits per heavy atom. The molecule has 2 atom stereocenters. The van der Waals surface area contributed by atoms with E-state index in [-0.39, 0.29) is 45.0 Å². The van der Waals surface area contributed by atoms with Gasteiger partial charge >= 0.3 is 21.7 Å². The van der Waals surface area contributed by atoms with Gasteiger partial charge in [-0.3, -0.25) is 0 Å². The fourth-order valence-corrected chi connectivity index (χ4v) is 0. The van der Waals surface area contributed by atoms with E-state index in [2.05, 4.69) is 0 Å². The Morgan fingerprint density at radius 2 is 0.882 bits per heavy atom. The zero-order valence-electron chi connectivity index (χ0n) is 10.1. The van der Waals surface area contributed by atoms with E-state index in [0.717, 1.165) is 13.8 Å². The van der Waals surface area contributed by atoms with Crippen LogP contribution in [0.5, 0.6) is 0 Å². The average molecular weight is 296 g/mol. The van der Waals surface area contributed by atoms with Crippen LogP contribution in [0.15, 0.2) is 0 Å². The Bertz CT molecular complexity index is 148. The van der Waals surface area contributed by atoms with Crippen molar-refractivity contribution in [2.75, 3.05) is 0 Å². The zero-order valence-corrected chi connectivity index (χ0v) is 11.7. The van der Waals surface area contributed by atoms with Crippen molar-refractivity contribution < 1.29 is 62.7 Å². The third-order valence-corrected chi connectivity index (χ3v) is 0.664.